The molecule has 2 heterocycles. The zero-order chi connectivity index (χ0) is 26.0. The van der Waals surface area contributed by atoms with Crippen LogP contribution >= 0.6 is 0 Å². The highest BCUT2D eigenvalue weighted by Gasteiger charge is 2.54. The molecule has 0 saturated heterocycles. The summed E-state index contributed by atoms with van der Waals surface area (Å²) in [5, 5.41) is 0. The van der Waals surface area contributed by atoms with Gasteiger partial charge in [0.15, 0.2) is 5.60 Å². The van der Waals surface area contributed by atoms with Crippen LogP contribution in [0.1, 0.15) is 61.7 Å². The quantitative estimate of drug-likeness (QED) is 0.385. The highest BCUT2D eigenvalue weighted by Crippen LogP contribution is 2.56. The summed E-state index contributed by atoms with van der Waals surface area (Å²) < 4.78 is 13.1. The molecular weight excluding hydrogens is 448 g/mol. The van der Waals surface area contributed by atoms with E-state index in [2.05, 4.69) is 75.3 Å². The van der Waals surface area contributed by atoms with Gasteiger partial charge >= 0.3 is 5.97 Å². The van der Waals surface area contributed by atoms with Crippen LogP contribution in [0.15, 0.2) is 72.0 Å². The number of carbonyl (C=O) groups is 1. The van der Waals surface area contributed by atoms with Gasteiger partial charge in [-0.05, 0) is 64.6 Å². The number of esters is 1. The maximum Gasteiger partial charge on any atom is 0.340 e. The predicted molar refractivity (Wildman–Crippen MR) is 147 cm³/mol. The molecule has 0 N–H and O–H groups in total. The second-order valence-corrected chi connectivity index (χ2v) is 9.39. The molecule has 4 rings (SSSR count). The summed E-state index contributed by atoms with van der Waals surface area (Å²) in [7, 11) is 0. The van der Waals surface area contributed by atoms with Crippen LogP contribution in [-0.4, -0.2) is 43.6 Å². The Morgan fingerprint density at radius 1 is 1.00 bits per heavy atom. The second kappa shape index (κ2) is 10.4. The molecule has 1 atom stereocenters. The van der Waals surface area contributed by atoms with E-state index in [4.69, 9.17) is 9.47 Å². The van der Waals surface area contributed by atoms with Crippen molar-refractivity contribution in [3.63, 3.8) is 0 Å². The molecule has 2 aromatic carbocycles. The molecule has 0 aromatic heterocycles. The van der Waals surface area contributed by atoms with Gasteiger partial charge in [-0.1, -0.05) is 50.8 Å². The van der Waals surface area contributed by atoms with Crippen LogP contribution in [0.5, 0.6) is 5.75 Å². The lowest BCUT2D eigenvalue weighted by Crippen LogP contribution is -2.36. The van der Waals surface area contributed by atoms with Gasteiger partial charge in [0, 0.05) is 47.6 Å². The highest BCUT2D eigenvalue weighted by atomic mass is 16.6. The van der Waals surface area contributed by atoms with Gasteiger partial charge < -0.3 is 19.3 Å². The first kappa shape index (κ1) is 25.8. The summed E-state index contributed by atoms with van der Waals surface area (Å²) in [5.41, 5.74) is 4.93. The normalized spacial score (nSPS) is 18.5. The molecule has 0 radical (unpaired) electrons. The summed E-state index contributed by atoms with van der Waals surface area (Å²) >= 11 is 0. The van der Waals surface area contributed by atoms with Crippen molar-refractivity contribution in [2.75, 3.05) is 37.6 Å². The van der Waals surface area contributed by atoms with Gasteiger partial charge in [0.05, 0.1) is 5.56 Å². The van der Waals surface area contributed by atoms with E-state index in [0.29, 0.717) is 11.3 Å². The Morgan fingerprint density at radius 2 is 1.69 bits per heavy atom. The van der Waals surface area contributed by atoms with Crippen molar-refractivity contribution in [2.24, 2.45) is 0 Å². The molecule has 190 valence electrons. The first-order valence-electron chi connectivity index (χ1n) is 13.0. The molecule has 5 heteroatoms. The molecule has 1 spiro atoms. The largest absolute Gasteiger partial charge is 0.456 e. The molecule has 0 aliphatic carbocycles. The number of ether oxygens (including phenoxy) is 2. The summed E-state index contributed by atoms with van der Waals surface area (Å²) in [4.78, 5) is 17.9. The van der Waals surface area contributed by atoms with Gasteiger partial charge in [-0.2, -0.15) is 0 Å². The Hall–Kier alpha value is -3.31. The number of anilines is 1. The number of rotatable bonds is 9. The third-order valence-corrected chi connectivity index (χ3v) is 7.39. The minimum atomic E-state index is -1.10. The molecule has 1 unspecified atom stereocenters. The van der Waals surface area contributed by atoms with Gasteiger partial charge in [0.2, 0.25) is 0 Å². The van der Waals surface area contributed by atoms with Crippen molar-refractivity contribution >= 4 is 11.7 Å². The molecule has 5 nitrogen and oxygen atoms in total. The standard InChI is InChI=1S/C31H38N2O3/c1-8-32(9-2)20-14-17-25-28(21(5)6)35-29-22(7)27(33(10-3)11-4)19-18-26(29)31(25)24-16-13-12-15-23(24)30(34)36-31/h12-19H,5,8-11,20H2,1-4,6-7H3/b17-14-. The number of likely N-dealkylation sites (N-methyl/N-ethyl adjacent to an activating group) is 1. The van der Waals surface area contributed by atoms with E-state index in [-0.39, 0.29) is 5.97 Å². The summed E-state index contributed by atoms with van der Waals surface area (Å²) in [6.45, 7) is 21.4. The molecule has 0 fully saturated rings. The molecular formula is C31H38N2O3. The van der Waals surface area contributed by atoms with Gasteiger partial charge in [0.1, 0.15) is 11.5 Å². The number of carbonyl (C=O) groups excluding carboxylic acids is 1. The van der Waals surface area contributed by atoms with Crippen LogP contribution in [0, 0.1) is 6.92 Å². The van der Waals surface area contributed by atoms with E-state index in [9.17, 15) is 4.79 Å². The minimum Gasteiger partial charge on any atom is -0.456 e. The third-order valence-electron chi connectivity index (χ3n) is 7.39. The van der Waals surface area contributed by atoms with Gasteiger partial charge in [-0.15, -0.1) is 0 Å². The van der Waals surface area contributed by atoms with Crippen molar-refractivity contribution in [3.8, 4) is 5.75 Å². The zero-order valence-corrected chi connectivity index (χ0v) is 22.5. The van der Waals surface area contributed by atoms with Crippen molar-refractivity contribution < 1.29 is 14.3 Å². The van der Waals surface area contributed by atoms with Crippen LogP contribution in [0.3, 0.4) is 0 Å². The van der Waals surface area contributed by atoms with Crippen LogP contribution in [0.25, 0.3) is 0 Å². The van der Waals surface area contributed by atoms with Crippen molar-refractivity contribution in [2.45, 2.75) is 47.1 Å². The number of hydrogen-bond donors (Lipinski definition) is 0. The Balaban J connectivity index is 2.01. The topological polar surface area (TPSA) is 42.0 Å². The fourth-order valence-corrected chi connectivity index (χ4v) is 5.39. The smallest absolute Gasteiger partial charge is 0.340 e. The Bertz CT molecular complexity index is 1230. The highest BCUT2D eigenvalue weighted by molar-refractivity contribution is 5.97. The molecule has 2 aliphatic heterocycles. The fraction of sp³-hybridized carbons (Fsp3) is 0.387. The van der Waals surface area contributed by atoms with Gasteiger partial charge in [0.25, 0.3) is 0 Å². The lowest BCUT2D eigenvalue weighted by Gasteiger charge is -2.39. The SMILES string of the molecule is C=C(C)C1=C(/C=C\CN(CC)CC)C2(OC(=O)c3ccccc32)c2ccc(N(CC)CC)c(C)c2O1. The zero-order valence-electron chi connectivity index (χ0n) is 22.5. The third kappa shape index (κ3) is 4.05. The van der Waals surface area contributed by atoms with Crippen LogP contribution in [-0.2, 0) is 10.3 Å². The van der Waals surface area contributed by atoms with Crippen molar-refractivity contribution in [3.05, 3.63) is 94.3 Å². The molecule has 2 aliphatic rings. The number of fused-ring (bicyclic) bond motifs is 4. The molecule has 2 aromatic rings. The fourth-order valence-electron chi connectivity index (χ4n) is 5.39. The Morgan fingerprint density at radius 3 is 2.33 bits per heavy atom. The van der Waals surface area contributed by atoms with E-state index in [1.807, 2.05) is 31.2 Å². The van der Waals surface area contributed by atoms with Crippen LogP contribution in [0.2, 0.25) is 0 Å². The van der Waals surface area contributed by atoms with E-state index < -0.39 is 5.60 Å². The van der Waals surface area contributed by atoms with E-state index >= 15 is 0 Å². The van der Waals surface area contributed by atoms with E-state index in [1.165, 1.54) is 0 Å². The number of nitrogens with zero attached hydrogens (tertiary/aromatic N) is 2. The first-order valence-corrected chi connectivity index (χ1v) is 13.0. The number of hydrogen-bond acceptors (Lipinski definition) is 5. The summed E-state index contributed by atoms with van der Waals surface area (Å²) in [5.74, 6) is 1.07. The van der Waals surface area contributed by atoms with Gasteiger partial charge in [-0.3, -0.25) is 0 Å². The molecule has 36 heavy (non-hydrogen) atoms. The van der Waals surface area contributed by atoms with Crippen LogP contribution in [0.4, 0.5) is 5.69 Å². The second-order valence-electron chi connectivity index (χ2n) is 9.39. The van der Waals surface area contributed by atoms with Crippen molar-refractivity contribution in [1.29, 1.82) is 0 Å². The maximum absolute atomic E-state index is 13.2. The predicted octanol–water partition coefficient (Wildman–Crippen LogP) is 6.38. The summed E-state index contributed by atoms with van der Waals surface area (Å²) in [6, 6.07) is 11.9. The minimum absolute atomic E-state index is 0.320. The molecule has 0 saturated carbocycles. The molecule has 0 amide bonds. The van der Waals surface area contributed by atoms with E-state index in [1.54, 1.807) is 0 Å². The monoisotopic (exact) mass is 486 g/mol. The summed E-state index contributed by atoms with van der Waals surface area (Å²) in [6.07, 6.45) is 4.20. The van der Waals surface area contributed by atoms with Crippen LogP contribution < -0.4 is 9.64 Å². The lowest BCUT2D eigenvalue weighted by atomic mass is 9.75. The maximum atomic E-state index is 13.2. The average Bonchev–Trinajstić information content (AvgIpc) is 3.17. The first-order chi connectivity index (χ1) is 17.3. The van der Waals surface area contributed by atoms with E-state index in [0.717, 1.165) is 72.0 Å². The molecule has 0 bridgehead atoms. The number of allylic oxidation sites excluding steroid dienone is 1. The number of benzene rings is 2. The van der Waals surface area contributed by atoms with Crippen molar-refractivity contribution in [1.82, 2.24) is 4.90 Å². The average molecular weight is 487 g/mol. The Labute approximate surface area is 215 Å². The Kier molecular flexibility index (Phi) is 7.41. The van der Waals surface area contributed by atoms with Gasteiger partial charge in [-0.25, -0.2) is 4.79 Å². The lowest BCUT2D eigenvalue weighted by molar-refractivity contribution is 0.0215.